The summed E-state index contributed by atoms with van der Waals surface area (Å²) in [5.41, 5.74) is 2.02. The Hall–Kier alpha value is -4.22. The molecule has 36 heavy (non-hydrogen) atoms. The fourth-order valence-corrected chi connectivity index (χ4v) is 6.59. The molecule has 3 aliphatic heterocycles. The third kappa shape index (κ3) is 2.43. The van der Waals surface area contributed by atoms with Crippen LogP contribution in [-0.2, 0) is 25.5 Å². The van der Waals surface area contributed by atoms with Gasteiger partial charge in [-0.1, -0.05) is 84.9 Å². The van der Waals surface area contributed by atoms with Crippen molar-refractivity contribution in [3.8, 4) is 5.75 Å². The molecule has 4 aromatic rings. The van der Waals surface area contributed by atoms with E-state index in [2.05, 4.69) is 0 Å². The highest BCUT2D eigenvalue weighted by molar-refractivity contribution is 6.24. The van der Waals surface area contributed by atoms with E-state index < -0.39 is 23.0 Å². The zero-order valence-corrected chi connectivity index (χ0v) is 19.6. The van der Waals surface area contributed by atoms with Gasteiger partial charge in [0.1, 0.15) is 17.0 Å². The molecule has 0 radical (unpaired) electrons. The summed E-state index contributed by atoms with van der Waals surface area (Å²) in [5, 5.41) is 0. The molecule has 2 saturated heterocycles. The molecule has 0 unspecified atom stereocenters. The van der Waals surface area contributed by atoms with Crippen LogP contribution in [-0.4, -0.2) is 18.9 Å². The lowest BCUT2D eigenvalue weighted by atomic mass is 9.61. The lowest BCUT2D eigenvalue weighted by Crippen LogP contribution is -2.42. The van der Waals surface area contributed by atoms with Crippen molar-refractivity contribution in [2.45, 2.75) is 11.2 Å². The second-order valence-electron chi connectivity index (χ2n) is 9.52. The Morgan fingerprint density at radius 1 is 0.639 bits per heavy atom. The summed E-state index contributed by atoms with van der Waals surface area (Å²) in [7, 11) is 1.59. The molecule has 5 nitrogen and oxygen atoms in total. The third-order valence-corrected chi connectivity index (χ3v) is 7.97. The summed E-state index contributed by atoms with van der Waals surface area (Å²) in [6, 6.07) is 34.8. The van der Waals surface area contributed by atoms with Crippen LogP contribution < -0.4 is 9.64 Å². The Morgan fingerprint density at radius 3 is 1.53 bits per heavy atom. The van der Waals surface area contributed by atoms with E-state index in [-0.39, 0.29) is 11.8 Å². The smallest absolute Gasteiger partial charge is 0.241 e. The van der Waals surface area contributed by atoms with Crippen LogP contribution in [0.5, 0.6) is 5.75 Å². The highest BCUT2D eigenvalue weighted by Crippen LogP contribution is 2.70. The van der Waals surface area contributed by atoms with E-state index in [0.29, 0.717) is 11.4 Å². The molecule has 176 valence electrons. The van der Waals surface area contributed by atoms with Crippen LogP contribution in [0.3, 0.4) is 0 Å². The molecule has 5 heteroatoms. The largest absolute Gasteiger partial charge is 0.497 e. The first-order valence-corrected chi connectivity index (χ1v) is 12.1. The van der Waals surface area contributed by atoms with Gasteiger partial charge in [0.15, 0.2) is 0 Å². The summed E-state index contributed by atoms with van der Waals surface area (Å²) in [6.45, 7) is 0. The Bertz CT molecular complexity index is 1410. The number of hydrogen-bond acceptors (Lipinski definition) is 4. The quantitative estimate of drug-likeness (QED) is 0.390. The average Bonchev–Trinajstić information content (AvgIpc) is 3.54. The van der Waals surface area contributed by atoms with E-state index in [1.165, 1.54) is 4.90 Å². The SMILES string of the molecule is COc1ccc(N2C(=O)[C@@H]3[C@H](C2=O)[C@@]2(c4ccccc4)O[C@]3(c3ccccc3)c3ccccc32)cc1. The number of methoxy groups -OCH3 is 1. The minimum atomic E-state index is -1.08. The standard InChI is InChI=1S/C31H23NO4/c1-35-23-18-16-22(17-19-23)32-28(33)26-27(29(32)34)31(21-12-6-3-7-13-21)25-15-9-8-14-24(25)30(26,36-31)20-10-4-2-5-11-20/h2-19,26-27H,1H3/t26-,27+,30+,31-. The van der Waals surface area contributed by atoms with Crippen molar-refractivity contribution < 1.29 is 19.1 Å². The first kappa shape index (κ1) is 21.1. The van der Waals surface area contributed by atoms with Crippen LogP contribution >= 0.6 is 0 Å². The molecule has 0 aromatic heterocycles. The summed E-state index contributed by atoms with van der Waals surface area (Å²) >= 11 is 0. The highest BCUT2D eigenvalue weighted by atomic mass is 16.5. The van der Waals surface area contributed by atoms with Gasteiger partial charge in [-0.2, -0.15) is 0 Å². The summed E-state index contributed by atoms with van der Waals surface area (Å²) < 4.78 is 12.4. The highest BCUT2D eigenvalue weighted by Gasteiger charge is 2.78. The first-order chi connectivity index (χ1) is 17.6. The van der Waals surface area contributed by atoms with Crippen LogP contribution in [0.15, 0.2) is 109 Å². The van der Waals surface area contributed by atoms with Crippen molar-refractivity contribution in [3.05, 3.63) is 131 Å². The molecule has 3 aliphatic rings. The molecule has 4 aromatic carbocycles. The van der Waals surface area contributed by atoms with Crippen LogP contribution in [0, 0.1) is 11.8 Å². The monoisotopic (exact) mass is 473 g/mol. The molecular formula is C31H23NO4. The molecule has 4 atom stereocenters. The van der Waals surface area contributed by atoms with E-state index in [0.717, 1.165) is 22.3 Å². The minimum absolute atomic E-state index is 0.244. The third-order valence-electron chi connectivity index (χ3n) is 7.97. The van der Waals surface area contributed by atoms with Crippen LogP contribution in [0.2, 0.25) is 0 Å². The predicted octanol–water partition coefficient (Wildman–Crippen LogP) is 5.03. The maximum Gasteiger partial charge on any atom is 0.241 e. The van der Waals surface area contributed by atoms with Crippen molar-refractivity contribution in [2.75, 3.05) is 12.0 Å². The molecule has 0 saturated carbocycles. The molecule has 0 spiro atoms. The zero-order chi connectivity index (χ0) is 24.5. The van der Waals surface area contributed by atoms with E-state index in [1.54, 1.807) is 31.4 Å². The number of anilines is 1. The van der Waals surface area contributed by atoms with Crippen molar-refractivity contribution >= 4 is 17.5 Å². The minimum Gasteiger partial charge on any atom is -0.497 e. The molecule has 0 N–H and O–H groups in total. The normalized spacial score (nSPS) is 27.8. The lowest BCUT2D eigenvalue weighted by molar-refractivity contribution is -0.131. The Morgan fingerprint density at radius 2 is 1.08 bits per heavy atom. The van der Waals surface area contributed by atoms with Crippen molar-refractivity contribution in [1.82, 2.24) is 0 Å². The van der Waals surface area contributed by atoms with Gasteiger partial charge in [-0.25, -0.2) is 4.90 Å². The van der Waals surface area contributed by atoms with Crippen molar-refractivity contribution in [2.24, 2.45) is 11.8 Å². The van der Waals surface area contributed by atoms with E-state index in [1.807, 2.05) is 84.9 Å². The van der Waals surface area contributed by atoms with Gasteiger partial charge in [-0.15, -0.1) is 0 Å². The second-order valence-corrected chi connectivity index (χ2v) is 9.52. The number of carbonyl (C=O) groups is 2. The van der Waals surface area contributed by atoms with Gasteiger partial charge in [0.25, 0.3) is 0 Å². The maximum atomic E-state index is 14.3. The van der Waals surface area contributed by atoms with Crippen LogP contribution in [0.1, 0.15) is 22.3 Å². The van der Waals surface area contributed by atoms with Gasteiger partial charge in [0, 0.05) is 0 Å². The summed E-state index contributed by atoms with van der Waals surface area (Å²) in [6.07, 6.45) is 0. The lowest BCUT2D eigenvalue weighted by Gasteiger charge is -2.34. The maximum absolute atomic E-state index is 14.3. The number of amides is 2. The number of ether oxygens (including phenoxy) is 2. The summed E-state index contributed by atoms with van der Waals surface area (Å²) in [5.74, 6) is -1.23. The average molecular weight is 474 g/mol. The van der Waals surface area contributed by atoms with E-state index in [9.17, 15) is 9.59 Å². The van der Waals surface area contributed by atoms with Crippen molar-refractivity contribution in [1.29, 1.82) is 0 Å². The number of fused-ring (bicyclic) bond motifs is 8. The zero-order valence-electron chi connectivity index (χ0n) is 19.6. The number of nitrogens with zero attached hydrogens (tertiary/aromatic N) is 1. The van der Waals surface area contributed by atoms with Gasteiger partial charge in [-0.3, -0.25) is 9.59 Å². The predicted molar refractivity (Wildman–Crippen MR) is 134 cm³/mol. The molecule has 7 rings (SSSR count). The molecular weight excluding hydrogens is 450 g/mol. The van der Waals surface area contributed by atoms with Gasteiger partial charge in [0.05, 0.1) is 24.6 Å². The number of benzene rings is 4. The fraction of sp³-hybridized carbons (Fsp3) is 0.161. The summed E-state index contributed by atoms with van der Waals surface area (Å²) in [4.78, 5) is 29.9. The van der Waals surface area contributed by atoms with Gasteiger partial charge >= 0.3 is 0 Å². The number of imide groups is 1. The van der Waals surface area contributed by atoms with Crippen LogP contribution in [0.4, 0.5) is 5.69 Å². The molecule has 2 bridgehead atoms. The molecule has 0 aliphatic carbocycles. The Labute approximate surface area is 208 Å². The van der Waals surface area contributed by atoms with E-state index >= 15 is 0 Å². The van der Waals surface area contributed by atoms with Crippen molar-refractivity contribution in [3.63, 3.8) is 0 Å². The van der Waals surface area contributed by atoms with Gasteiger partial charge < -0.3 is 9.47 Å². The Balaban J connectivity index is 1.52. The first-order valence-electron chi connectivity index (χ1n) is 12.1. The topological polar surface area (TPSA) is 55.8 Å². The number of rotatable bonds is 4. The molecule has 3 heterocycles. The Kier molecular flexibility index (Phi) is 4.33. The second kappa shape index (κ2) is 7.39. The van der Waals surface area contributed by atoms with Gasteiger partial charge in [-0.05, 0) is 46.5 Å². The van der Waals surface area contributed by atoms with Gasteiger partial charge in [0.2, 0.25) is 11.8 Å². The molecule has 2 amide bonds. The number of carbonyl (C=O) groups excluding carboxylic acids is 2. The fourth-order valence-electron chi connectivity index (χ4n) is 6.59. The van der Waals surface area contributed by atoms with E-state index in [4.69, 9.17) is 9.47 Å². The molecule has 2 fully saturated rings. The van der Waals surface area contributed by atoms with Crippen LogP contribution in [0.25, 0.3) is 0 Å². The number of hydrogen-bond donors (Lipinski definition) is 0.